The van der Waals surface area contributed by atoms with Crippen LogP contribution in [0.1, 0.15) is 26.7 Å². The molecular weight excluding hydrogens is 171 g/mol. The molecule has 1 radical (unpaired) electrons. The molecule has 0 spiro atoms. The molecule has 1 fully saturated rings. The molecule has 1 aliphatic carbocycles. The van der Waals surface area contributed by atoms with Crippen molar-refractivity contribution in [2.45, 2.75) is 38.9 Å². The molecular formula is C8H16BO2S. The van der Waals surface area contributed by atoms with E-state index in [1.165, 1.54) is 7.09 Å². The van der Waals surface area contributed by atoms with Gasteiger partial charge in [-0.1, -0.05) is 32.2 Å². The molecule has 69 valence electrons. The Kier molecular flexibility index (Phi) is 3.37. The van der Waals surface area contributed by atoms with Gasteiger partial charge in [0.2, 0.25) is 7.09 Å². The molecule has 0 aromatic carbocycles. The smallest absolute Gasteiger partial charge is 0.209 e. The standard InChI is InChI=1S/C8H16BO2S/c1-3-6-5(2)8(11-12-9)4-7(6)10/h5-10H,3-4H2,1-2H3/t5-,6?,7+,8-/m1/s1/i9T. The Balaban J connectivity index is 2.41. The molecule has 0 heterocycles. The Morgan fingerprint density at radius 1 is 1.83 bits per heavy atom. The molecule has 1 saturated carbocycles. The average molecular weight is 189 g/mol. The summed E-state index contributed by atoms with van der Waals surface area (Å²) in [5.74, 6) is 0.754. The van der Waals surface area contributed by atoms with Crippen molar-refractivity contribution in [1.82, 2.24) is 0 Å². The SMILES string of the molecule is [3H][B]SO[C@@H]1C[C@H](O)C(CC)[C@H]1C. The van der Waals surface area contributed by atoms with E-state index in [0.717, 1.165) is 18.3 Å². The van der Waals surface area contributed by atoms with Gasteiger partial charge in [-0.15, -0.1) is 0 Å². The molecule has 1 N–H and O–H groups in total. The second-order valence-electron chi connectivity index (χ2n) is 3.47. The van der Waals surface area contributed by atoms with E-state index in [1.54, 1.807) is 0 Å². The summed E-state index contributed by atoms with van der Waals surface area (Å²) in [6.45, 7) is 4.20. The van der Waals surface area contributed by atoms with Crippen molar-refractivity contribution in [2.24, 2.45) is 11.8 Å². The zero-order chi connectivity index (χ0) is 9.84. The molecule has 1 unspecified atom stereocenters. The minimum absolute atomic E-state index is 0.103. The highest BCUT2D eigenvalue weighted by Gasteiger charge is 2.39. The molecule has 0 aromatic rings. The molecule has 4 atom stereocenters. The van der Waals surface area contributed by atoms with Crippen molar-refractivity contribution in [3.05, 3.63) is 0 Å². The van der Waals surface area contributed by atoms with Crippen LogP contribution in [0.5, 0.6) is 0 Å². The number of rotatable bonds is 4. The van der Waals surface area contributed by atoms with Crippen molar-refractivity contribution in [2.75, 3.05) is 0 Å². The van der Waals surface area contributed by atoms with Crippen molar-refractivity contribution in [3.8, 4) is 0 Å². The largest absolute Gasteiger partial charge is 0.393 e. The van der Waals surface area contributed by atoms with Gasteiger partial charge in [-0.05, 0) is 13.2 Å². The van der Waals surface area contributed by atoms with Crippen LogP contribution in [0.2, 0.25) is 0 Å². The van der Waals surface area contributed by atoms with Crippen LogP contribution in [-0.2, 0) is 4.18 Å². The Bertz CT molecular complexity index is 161. The van der Waals surface area contributed by atoms with Gasteiger partial charge in [0, 0.05) is 6.42 Å². The lowest BCUT2D eigenvalue weighted by Gasteiger charge is -2.19. The predicted molar refractivity (Wildman–Crippen MR) is 53.2 cm³/mol. The fourth-order valence-corrected chi connectivity index (χ4v) is 2.49. The summed E-state index contributed by atoms with van der Waals surface area (Å²) >= 11 is 1.05. The van der Waals surface area contributed by atoms with E-state index < -0.39 is 0 Å². The predicted octanol–water partition coefficient (Wildman–Crippen LogP) is 1.26. The van der Waals surface area contributed by atoms with E-state index in [4.69, 9.17) is 5.52 Å². The van der Waals surface area contributed by atoms with Crippen LogP contribution in [-0.4, -0.2) is 25.7 Å². The zero-order valence-electron chi connectivity index (χ0n) is 8.56. The minimum atomic E-state index is -0.226. The first-order valence-corrected chi connectivity index (χ1v) is 5.21. The van der Waals surface area contributed by atoms with Gasteiger partial charge in [0.25, 0.3) is 0 Å². The lowest BCUT2D eigenvalue weighted by atomic mass is 9.93. The first kappa shape index (κ1) is 8.91. The molecule has 1 aliphatic rings. The second kappa shape index (κ2) is 4.54. The number of hydrogen-bond acceptors (Lipinski definition) is 3. The van der Waals surface area contributed by atoms with Gasteiger partial charge < -0.3 is 9.29 Å². The van der Waals surface area contributed by atoms with Crippen LogP contribution in [0, 0.1) is 11.8 Å². The third kappa shape index (κ3) is 1.98. The zero-order valence-corrected chi connectivity index (χ0v) is 8.38. The first-order chi connectivity index (χ1) is 6.20. The van der Waals surface area contributed by atoms with E-state index in [0.29, 0.717) is 18.3 Å². The van der Waals surface area contributed by atoms with Crippen LogP contribution in [0.25, 0.3) is 0 Å². The molecule has 0 bridgehead atoms. The van der Waals surface area contributed by atoms with Gasteiger partial charge in [0.15, 0.2) is 0 Å². The summed E-state index contributed by atoms with van der Waals surface area (Å²) < 4.78 is 12.2. The van der Waals surface area contributed by atoms with Crippen molar-refractivity contribution in [1.29, 1.82) is 1.34 Å². The van der Waals surface area contributed by atoms with E-state index in [1.807, 2.05) is 0 Å². The average Bonchev–Trinajstić information content (AvgIpc) is 2.38. The van der Waals surface area contributed by atoms with Crippen molar-refractivity contribution >= 4 is 19.0 Å². The monoisotopic (exact) mass is 189 g/mol. The van der Waals surface area contributed by atoms with E-state index >= 15 is 0 Å². The second-order valence-corrected chi connectivity index (χ2v) is 3.85. The Morgan fingerprint density at radius 2 is 2.58 bits per heavy atom. The number of aliphatic hydroxyl groups is 1. The third-order valence-corrected chi connectivity index (χ3v) is 3.24. The maximum Gasteiger partial charge on any atom is 0.209 e. The van der Waals surface area contributed by atoms with Gasteiger partial charge >= 0.3 is 0 Å². The lowest BCUT2D eigenvalue weighted by Crippen LogP contribution is -2.18. The van der Waals surface area contributed by atoms with Crippen LogP contribution in [0.4, 0.5) is 0 Å². The van der Waals surface area contributed by atoms with Gasteiger partial charge in [0.05, 0.1) is 12.2 Å². The minimum Gasteiger partial charge on any atom is -0.393 e. The van der Waals surface area contributed by atoms with Crippen molar-refractivity contribution in [3.63, 3.8) is 0 Å². The number of aliphatic hydroxyl groups excluding tert-OH is 1. The lowest BCUT2D eigenvalue weighted by molar-refractivity contribution is 0.118. The van der Waals surface area contributed by atoms with Crippen LogP contribution in [0.3, 0.4) is 0 Å². The highest BCUT2D eigenvalue weighted by Crippen LogP contribution is 2.37. The summed E-state index contributed by atoms with van der Waals surface area (Å²) in [6, 6.07) is 0. The summed E-state index contributed by atoms with van der Waals surface area (Å²) in [5.41, 5.74) is 0. The molecule has 4 heteroatoms. The fourth-order valence-electron chi connectivity index (χ4n) is 2.10. The first-order valence-electron chi connectivity index (χ1n) is 4.98. The Hall–Kier alpha value is 0.335. The fraction of sp³-hybridized carbons (Fsp3) is 1.00. The Labute approximate surface area is 80.9 Å². The third-order valence-electron chi connectivity index (χ3n) is 2.88. The van der Waals surface area contributed by atoms with Crippen LogP contribution in [0.15, 0.2) is 0 Å². The molecule has 2 nitrogen and oxygen atoms in total. The molecule has 12 heavy (non-hydrogen) atoms. The number of hydrogen-bond donors (Lipinski definition) is 1. The summed E-state index contributed by atoms with van der Waals surface area (Å²) in [5, 5.41) is 9.68. The van der Waals surface area contributed by atoms with Crippen molar-refractivity contribution < 1.29 is 9.29 Å². The molecule has 0 saturated heterocycles. The van der Waals surface area contributed by atoms with Crippen LogP contribution < -0.4 is 0 Å². The quantitative estimate of drug-likeness (QED) is 0.533. The van der Waals surface area contributed by atoms with E-state index in [-0.39, 0.29) is 12.2 Å². The molecule has 1 rings (SSSR count). The summed E-state index contributed by atoms with van der Waals surface area (Å²) in [7, 11) is 1.18. The topological polar surface area (TPSA) is 29.5 Å². The molecule has 0 aromatic heterocycles. The molecule has 0 aliphatic heterocycles. The molecule has 0 amide bonds. The maximum atomic E-state index is 9.68. The van der Waals surface area contributed by atoms with Crippen LogP contribution >= 0.6 is 11.9 Å². The highest BCUT2D eigenvalue weighted by molar-refractivity contribution is 8.15. The summed E-state index contributed by atoms with van der Waals surface area (Å²) in [6.07, 6.45) is 1.58. The normalized spacial score (nSPS) is 42.8. The Morgan fingerprint density at radius 3 is 3.08 bits per heavy atom. The van der Waals surface area contributed by atoms with E-state index in [2.05, 4.69) is 13.8 Å². The maximum absolute atomic E-state index is 9.68. The summed E-state index contributed by atoms with van der Waals surface area (Å²) in [4.78, 5) is 0. The van der Waals surface area contributed by atoms with Gasteiger partial charge in [-0.3, -0.25) is 0 Å². The van der Waals surface area contributed by atoms with Gasteiger partial charge in [-0.25, -0.2) is 0 Å². The van der Waals surface area contributed by atoms with E-state index in [9.17, 15) is 5.11 Å². The van der Waals surface area contributed by atoms with Gasteiger partial charge in [0.1, 0.15) is 0 Å². The van der Waals surface area contributed by atoms with Gasteiger partial charge in [-0.2, -0.15) is 0 Å². The highest BCUT2D eigenvalue weighted by atomic mass is 32.2.